The van der Waals surface area contributed by atoms with E-state index in [0.717, 1.165) is 6.42 Å². The van der Waals surface area contributed by atoms with Gasteiger partial charge in [-0.05, 0) is 28.4 Å². The minimum Gasteiger partial charge on any atom is -0.465 e. The molecular weight excluding hydrogens is 288 g/mol. The van der Waals surface area contributed by atoms with E-state index in [1.54, 1.807) is 12.3 Å². The molecule has 1 aromatic rings. The second-order valence-corrected chi connectivity index (χ2v) is 4.39. The van der Waals surface area contributed by atoms with Gasteiger partial charge in [0.2, 0.25) is 0 Å². The quantitative estimate of drug-likeness (QED) is 0.812. The minimum absolute atomic E-state index is 0.0190. The number of carbonyl (C=O) groups excluding carboxylic acids is 1. The van der Waals surface area contributed by atoms with Crippen molar-refractivity contribution in [3.05, 3.63) is 22.3 Å². The van der Waals surface area contributed by atoms with Crippen LogP contribution in [0, 0.1) is 0 Å². The van der Waals surface area contributed by atoms with Gasteiger partial charge in [-0.15, -0.1) is 0 Å². The number of nitrogens with one attached hydrogen (secondary N) is 1. The van der Waals surface area contributed by atoms with Gasteiger partial charge in [-0.25, -0.2) is 9.78 Å². The van der Waals surface area contributed by atoms with Gasteiger partial charge in [-0.2, -0.15) is 0 Å². The average Bonchev–Trinajstić information content (AvgIpc) is 2.36. The highest BCUT2D eigenvalue weighted by Gasteiger charge is 2.16. The van der Waals surface area contributed by atoms with Crippen molar-refractivity contribution in [1.29, 1.82) is 0 Å². The van der Waals surface area contributed by atoms with Crippen molar-refractivity contribution in [2.75, 3.05) is 19.0 Å². The molecule has 1 unspecified atom stereocenters. The van der Waals surface area contributed by atoms with E-state index < -0.39 is 5.97 Å². The molecule has 0 aliphatic heterocycles. The van der Waals surface area contributed by atoms with E-state index in [-0.39, 0.29) is 12.6 Å². The summed E-state index contributed by atoms with van der Waals surface area (Å²) in [5, 5.41) is 12.1. The molecule has 1 heterocycles. The molecule has 0 saturated carbocycles. The summed E-state index contributed by atoms with van der Waals surface area (Å²) in [6, 6.07) is 1.50. The van der Waals surface area contributed by atoms with Crippen molar-refractivity contribution in [3.63, 3.8) is 0 Å². The number of aliphatic hydroxyl groups is 1. The van der Waals surface area contributed by atoms with Crippen LogP contribution in [0.4, 0.5) is 5.82 Å². The van der Waals surface area contributed by atoms with Crippen molar-refractivity contribution >= 4 is 27.7 Å². The number of anilines is 1. The van der Waals surface area contributed by atoms with Crippen molar-refractivity contribution < 1.29 is 14.6 Å². The van der Waals surface area contributed by atoms with Gasteiger partial charge in [0.25, 0.3) is 0 Å². The van der Waals surface area contributed by atoms with Crippen LogP contribution in [0.15, 0.2) is 16.7 Å². The van der Waals surface area contributed by atoms with Crippen LogP contribution in [0.25, 0.3) is 0 Å². The smallest absolute Gasteiger partial charge is 0.341 e. The van der Waals surface area contributed by atoms with Gasteiger partial charge in [-0.1, -0.05) is 6.92 Å². The third-order valence-corrected chi connectivity index (χ3v) is 2.75. The lowest BCUT2D eigenvalue weighted by molar-refractivity contribution is 0.0601. The number of methoxy groups -OCH3 is 1. The lowest BCUT2D eigenvalue weighted by Gasteiger charge is -2.16. The zero-order chi connectivity index (χ0) is 12.8. The molecule has 1 atom stereocenters. The van der Waals surface area contributed by atoms with Crippen LogP contribution in [0.5, 0.6) is 0 Å². The van der Waals surface area contributed by atoms with Crippen LogP contribution < -0.4 is 5.32 Å². The molecule has 5 nitrogen and oxygen atoms in total. The fraction of sp³-hybridized carbons (Fsp3) is 0.455. The fourth-order valence-corrected chi connectivity index (χ4v) is 1.62. The van der Waals surface area contributed by atoms with Gasteiger partial charge >= 0.3 is 5.97 Å². The maximum absolute atomic E-state index is 11.6. The van der Waals surface area contributed by atoms with E-state index in [1.807, 2.05) is 6.92 Å². The molecule has 1 aromatic heterocycles. The lowest BCUT2D eigenvalue weighted by atomic mass is 10.2. The Balaban J connectivity index is 3.01. The molecule has 6 heteroatoms. The number of esters is 1. The molecule has 0 saturated heterocycles. The van der Waals surface area contributed by atoms with E-state index in [9.17, 15) is 4.79 Å². The van der Waals surface area contributed by atoms with Gasteiger partial charge in [0.1, 0.15) is 11.4 Å². The molecule has 17 heavy (non-hydrogen) atoms. The Hall–Kier alpha value is -1.14. The predicted octanol–water partition coefficient (Wildman–Crippen LogP) is 1.81. The molecule has 1 rings (SSSR count). The van der Waals surface area contributed by atoms with Crippen LogP contribution >= 0.6 is 15.9 Å². The van der Waals surface area contributed by atoms with E-state index in [1.165, 1.54) is 7.11 Å². The van der Waals surface area contributed by atoms with Gasteiger partial charge in [0, 0.05) is 10.7 Å². The maximum Gasteiger partial charge on any atom is 0.341 e. The number of rotatable bonds is 5. The summed E-state index contributed by atoms with van der Waals surface area (Å²) in [6.07, 6.45) is 2.31. The Bertz CT molecular complexity index is 394. The number of hydrogen-bond acceptors (Lipinski definition) is 5. The Morgan fingerprint density at radius 3 is 2.94 bits per heavy atom. The number of nitrogens with zero attached hydrogens (tertiary/aromatic N) is 1. The minimum atomic E-state index is -0.464. The van der Waals surface area contributed by atoms with Crippen LogP contribution in [-0.2, 0) is 4.74 Å². The SMILES string of the molecule is CCC(CO)Nc1ncc(Br)cc1C(=O)OC. The molecular formula is C11H15BrN2O3. The van der Waals surface area contributed by atoms with Gasteiger partial charge in [0.15, 0.2) is 0 Å². The highest BCUT2D eigenvalue weighted by atomic mass is 79.9. The molecule has 0 spiro atoms. The zero-order valence-corrected chi connectivity index (χ0v) is 11.3. The standard InChI is InChI=1S/C11H15BrN2O3/c1-3-8(6-15)14-10-9(11(16)17-2)4-7(12)5-13-10/h4-5,8,15H,3,6H2,1-2H3,(H,13,14). The first-order valence-electron chi connectivity index (χ1n) is 5.23. The fourth-order valence-electron chi connectivity index (χ4n) is 1.29. The number of hydrogen-bond donors (Lipinski definition) is 2. The number of halogens is 1. The molecule has 0 radical (unpaired) electrons. The summed E-state index contributed by atoms with van der Waals surface area (Å²) in [5.74, 6) is -0.0463. The second-order valence-electron chi connectivity index (χ2n) is 3.47. The normalized spacial score (nSPS) is 12.0. The monoisotopic (exact) mass is 302 g/mol. The topological polar surface area (TPSA) is 71.5 Å². The van der Waals surface area contributed by atoms with E-state index in [2.05, 4.69) is 31.0 Å². The summed E-state index contributed by atoms with van der Waals surface area (Å²) >= 11 is 3.25. The summed E-state index contributed by atoms with van der Waals surface area (Å²) in [5.41, 5.74) is 0.341. The maximum atomic E-state index is 11.6. The number of carbonyl (C=O) groups is 1. The van der Waals surface area contributed by atoms with Crippen LogP contribution in [-0.4, -0.2) is 35.8 Å². The highest BCUT2D eigenvalue weighted by molar-refractivity contribution is 9.10. The first-order chi connectivity index (χ1) is 8.12. The summed E-state index contributed by atoms with van der Waals surface area (Å²) < 4.78 is 5.37. The first kappa shape index (κ1) is 13.9. The Morgan fingerprint density at radius 2 is 2.41 bits per heavy atom. The number of ether oxygens (including phenoxy) is 1. The number of pyridine rings is 1. The van der Waals surface area contributed by atoms with E-state index in [0.29, 0.717) is 15.9 Å². The molecule has 0 aliphatic carbocycles. The van der Waals surface area contributed by atoms with Gasteiger partial charge < -0.3 is 15.2 Å². The van der Waals surface area contributed by atoms with Crippen molar-refractivity contribution in [2.24, 2.45) is 0 Å². The van der Waals surface area contributed by atoms with Crippen molar-refractivity contribution in [1.82, 2.24) is 4.98 Å². The second kappa shape index (κ2) is 6.56. The first-order valence-corrected chi connectivity index (χ1v) is 6.02. The molecule has 94 valence electrons. The average molecular weight is 303 g/mol. The summed E-state index contributed by atoms with van der Waals surface area (Å²) in [7, 11) is 1.32. The Morgan fingerprint density at radius 1 is 1.71 bits per heavy atom. The van der Waals surface area contributed by atoms with E-state index in [4.69, 9.17) is 5.11 Å². The third kappa shape index (κ3) is 3.67. The molecule has 0 aliphatic rings. The van der Waals surface area contributed by atoms with Gasteiger partial charge in [-0.3, -0.25) is 0 Å². The van der Waals surface area contributed by atoms with Crippen LogP contribution in [0.1, 0.15) is 23.7 Å². The largest absolute Gasteiger partial charge is 0.465 e. The van der Waals surface area contributed by atoms with Crippen LogP contribution in [0.2, 0.25) is 0 Å². The Kier molecular flexibility index (Phi) is 5.37. The lowest BCUT2D eigenvalue weighted by Crippen LogP contribution is -2.24. The summed E-state index contributed by atoms with van der Waals surface area (Å²) in [4.78, 5) is 15.7. The van der Waals surface area contributed by atoms with Crippen molar-refractivity contribution in [3.8, 4) is 0 Å². The van der Waals surface area contributed by atoms with Gasteiger partial charge in [0.05, 0.1) is 19.8 Å². The molecule has 0 fully saturated rings. The summed E-state index contributed by atoms with van der Waals surface area (Å²) in [6.45, 7) is 1.92. The highest BCUT2D eigenvalue weighted by Crippen LogP contribution is 2.19. The zero-order valence-electron chi connectivity index (χ0n) is 9.74. The molecule has 0 aromatic carbocycles. The van der Waals surface area contributed by atoms with Crippen molar-refractivity contribution in [2.45, 2.75) is 19.4 Å². The molecule has 0 bridgehead atoms. The third-order valence-electron chi connectivity index (χ3n) is 2.31. The van der Waals surface area contributed by atoms with Crippen LogP contribution in [0.3, 0.4) is 0 Å². The number of aliphatic hydroxyl groups excluding tert-OH is 1. The number of aromatic nitrogens is 1. The predicted molar refractivity (Wildman–Crippen MR) is 68.1 cm³/mol. The molecule has 0 amide bonds. The van der Waals surface area contributed by atoms with E-state index >= 15 is 0 Å². The molecule has 2 N–H and O–H groups in total. The Labute approximate surface area is 108 Å².